The first-order valence-electron chi connectivity index (χ1n) is 11.0. The number of H-pyrrole nitrogens is 1. The zero-order valence-corrected chi connectivity index (χ0v) is 18.5. The second kappa shape index (κ2) is 9.42. The molecule has 2 heterocycles. The minimum absolute atomic E-state index is 0.0417. The number of aryl methyl sites for hydroxylation is 1. The van der Waals surface area contributed by atoms with Crippen molar-refractivity contribution in [3.05, 3.63) is 65.6 Å². The van der Waals surface area contributed by atoms with Gasteiger partial charge in [0.2, 0.25) is 11.8 Å². The van der Waals surface area contributed by atoms with Gasteiger partial charge in [-0.15, -0.1) is 0 Å². The van der Waals surface area contributed by atoms with Crippen molar-refractivity contribution in [2.75, 3.05) is 18.0 Å². The van der Waals surface area contributed by atoms with Gasteiger partial charge in [0.25, 0.3) is 0 Å². The number of aromatic amines is 1. The van der Waals surface area contributed by atoms with Crippen molar-refractivity contribution in [3.63, 3.8) is 0 Å². The van der Waals surface area contributed by atoms with E-state index in [1.165, 1.54) is 19.1 Å². The highest BCUT2D eigenvalue weighted by Gasteiger charge is 2.27. The smallest absolute Gasteiger partial charge is 0.243 e. The molecule has 0 radical (unpaired) electrons. The van der Waals surface area contributed by atoms with Gasteiger partial charge >= 0.3 is 0 Å². The number of nitrogens with one attached hydrogen (secondary N) is 3. The van der Waals surface area contributed by atoms with Crippen LogP contribution in [0.3, 0.4) is 0 Å². The van der Waals surface area contributed by atoms with Crippen LogP contribution in [0, 0.1) is 12.7 Å². The van der Waals surface area contributed by atoms with E-state index in [4.69, 9.17) is 0 Å². The molecule has 1 aromatic heterocycles. The van der Waals surface area contributed by atoms with E-state index in [1.54, 1.807) is 6.07 Å². The van der Waals surface area contributed by atoms with Crippen LogP contribution in [0.15, 0.2) is 48.7 Å². The molecule has 0 saturated carbocycles. The molecule has 1 fully saturated rings. The van der Waals surface area contributed by atoms with Crippen LogP contribution in [0.2, 0.25) is 0 Å². The third-order valence-electron chi connectivity index (χ3n) is 6.06. The number of piperidine rings is 1. The highest BCUT2D eigenvalue weighted by atomic mass is 19.1. The first-order valence-corrected chi connectivity index (χ1v) is 11.0. The summed E-state index contributed by atoms with van der Waals surface area (Å²) in [6.07, 6.45) is 4.09. The summed E-state index contributed by atoms with van der Waals surface area (Å²) in [6.45, 7) is 4.84. The van der Waals surface area contributed by atoms with Crippen LogP contribution in [0.4, 0.5) is 10.1 Å². The molecule has 3 aromatic rings. The van der Waals surface area contributed by atoms with E-state index < -0.39 is 6.04 Å². The Morgan fingerprint density at radius 3 is 2.84 bits per heavy atom. The number of halogens is 1. The topological polar surface area (TPSA) is 77.2 Å². The van der Waals surface area contributed by atoms with Crippen molar-refractivity contribution in [1.29, 1.82) is 0 Å². The van der Waals surface area contributed by atoms with Gasteiger partial charge in [-0.2, -0.15) is 0 Å². The molecule has 0 spiro atoms. The predicted molar refractivity (Wildman–Crippen MR) is 124 cm³/mol. The van der Waals surface area contributed by atoms with Crippen LogP contribution in [0.5, 0.6) is 0 Å². The van der Waals surface area contributed by atoms with Gasteiger partial charge < -0.3 is 20.5 Å². The Bertz CT molecular complexity index is 1130. The summed E-state index contributed by atoms with van der Waals surface area (Å²) in [5.41, 5.74) is 3.86. The number of hydrogen-bond acceptors (Lipinski definition) is 3. The summed E-state index contributed by atoms with van der Waals surface area (Å²) in [7, 11) is 0. The van der Waals surface area contributed by atoms with Crippen molar-refractivity contribution >= 4 is 28.4 Å². The number of anilines is 1. The molecule has 1 aliphatic rings. The van der Waals surface area contributed by atoms with Crippen molar-refractivity contribution in [2.24, 2.45) is 0 Å². The maximum Gasteiger partial charge on any atom is 0.243 e. The molecule has 4 rings (SSSR count). The van der Waals surface area contributed by atoms with Crippen LogP contribution in [-0.2, 0) is 16.0 Å². The lowest BCUT2D eigenvalue weighted by Gasteiger charge is -2.36. The summed E-state index contributed by atoms with van der Waals surface area (Å²) < 4.78 is 13.5. The van der Waals surface area contributed by atoms with Crippen molar-refractivity contribution < 1.29 is 14.0 Å². The number of aromatic nitrogens is 1. The molecule has 7 heteroatoms. The van der Waals surface area contributed by atoms with E-state index in [2.05, 4.69) is 20.5 Å². The van der Waals surface area contributed by atoms with Gasteiger partial charge in [0.15, 0.2) is 0 Å². The fraction of sp³-hybridized carbons (Fsp3) is 0.360. The van der Waals surface area contributed by atoms with E-state index in [0.717, 1.165) is 47.1 Å². The molecule has 6 nitrogen and oxygen atoms in total. The molecular weight excluding hydrogens is 407 g/mol. The molecule has 1 aliphatic heterocycles. The largest absolute Gasteiger partial charge is 0.369 e. The van der Waals surface area contributed by atoms with Crippen LogP contribution in [-0.4, -0.2) is 42.0 Å². The van der Waals surface area contributed by atoms with E-state index in [9.17, 15) is 14.0 Å². The molecule has 2 aromatic carbocycles. The first kappa shape index (κ1) is 21.9. The maximum absolute atomic E-state index is 13.5. The van der Waals surface area contributed by atoms with Crippen molar-refractivity contribution in [3.8, 4) is 0 Å². The molecule has 2 amide bonds. The number of rotatable bonds is 6. The highest BCUT2D eigenvalue weighted by molar-refractivity contribution is 5.89. The summed E-state index contributed by atoms with van der Waals surface area (Å²) in [4.78, 5) is 30.4. The molecule has 0 bridgehead atoms. The van der Waals surface area contributed by atoms with Gasteiger partial charge in [0.1, 0.15) is 11.9 Å². The molecule has 3 N–H and O–H groups in total. The normalized spacial score (nSPS) is 17.2. The molecule has 0 aliphatic carbocycles. The Balaban J connectivity index is 1.46. The van der Waals surface area contributed by atoms with Gasteiger partial charge in [-0.25, -0.2) is 4.39 Å². The SMILES string of the molecule is CC(=O)NC(Cc1c[nH]c2ccccc12)C(=O)NC1CCCN(c2ccc(F)cc2C)C1. The van der Waals surface area contributed by atoms with Crippen LogP contribution >= 0.6 is 0 Å². The van der Waals surface area contributed by atoms with E-state index in [-0.39, 0.29) is 23.7 Å². The monoisotopic (exact) mass is 436 g/mol. The minimum Gasteiger partial charge on any atom is -0.369 e. The number of fused-ring (bicyclic) bond motifs is 1. The Kier molecular flexibility index (Phi) is 6.44. The van der Waals surface area contributed by atoms with E-state index >= 15 is 0 Å². The van der Waals surface area contributed by atoms with Crippen molar-refractivity contribution in [2.45, 2.75) is 45.2 Å². The number of para-hydroxylation sites is 1. The quantitative estimate of drug-likeness (QED) is 0.554. The summed E-state index contributed by atoms with van der Waals surface area (Å²) in [5.74, 6) is -0.672. The van der Waals surface area contributed by atoms with E-state index in [0.29, 0.717) is 13.0 Å². The number of carbonyl (C=O) groups is 2. The van der Waals surface area contributed by atoms with Gasteiger partial charge in [0.05, 0.1) is 0 Å². The van der Waals surface area contributed by atoms with Crippen molar-refractivity contribution in [1.82, 2.24) is 15.6 Å². The molecule has 1 saturated heterocycles. The molecule has 168 valence electrons. The second-order valence-corrected chi connectivity index (χ2v) is 8.54. The zero-order chi connectivity index (χ0) is 22.7. The third-order valence-corrected chi connectivity index (χ3v) is 6.06. The fourth-order valence-electron chi connectivity index (χ4n) is 4.56. The average Bonchev–Trinajstić information content (AvgIpc) is 3.16. The number of nitrogens with zero attached hydrogens (tertiary/aromatic N) is 1. The molecule has 2 atom stereocenters. The number of carbonyl (C=O) groups excluding carboxylic acids is 2. The first-order chi connectivity index (χ1) is 15.4. The highest BCUT2D eigenvalue weighted by Crippen LogP contribution is 2.25. The molecule has 32 heavy (non-hydrogen) atoms. The van der Waals surface area contributed by atoms with Gasteiger partial charge in [-0.1, -0.05) is 18.2 Å². The van der Waals surface area contributed by atoms with Crippen LogP contribution in [0.1, 0.15) is 30.9 Å². The summed E-state index contributed by atoms with van der Waals surface area (Å²) in [6, 6.07) is 12.0. The lowest BCUT2D eigenvalue weighted by Crippen LogP contribution is -2.54. The average molecular weight is 437 g/mol. The Labute approximate surface area is 187 Å². The van der Waals surface area contributed by atoms with E-state index in [1.807, 2.05) is 37.4 Å². The van der Waals surface area contributed by atoms with Gasteiger partial charge in [-0.3, -0.25) is 9.59 Å². The van der Waals surface area contributed by atoms with Crippen LogP contribution in [0.25, 0.3) is 10.9 Å². The minimum atomic E-state index is -0.658. The Morgan fingerprint density at radius 2 is 2.06 bits per heavy atom. The summed E-state index contributed by atoms with van der Waals surface area (Å²) in [5, 5.41) is 6.99. The lowest BCUT2D eigenvalue weighted by molar-refractivity contribution is -0.128. The van der Waals surface area contributed by atoms with Gasteiger partial charge in [0, 0.05) is 55.3 Å². The number of amides is 2. The lowest BCUT2D eigenvalue weighted by atomic mass is 10.0. The standard InChI is InChI=1S/C25H29FN4O2/c1-16-12-19(26)9-10-24(16)30-11-5-6-20(15-30)29-25(32)23(28-17(2)31)13-18-14-27-22-8-4-3-7-21(18)22/h3-4,7-10,12,14,20,23,27H,5-6,11,13,15H2,1-2H3,(H,28,31)(H,29,32). The Morgan fingerprint density at radius 1 is 1.25 bits per heavy atom. The summed E-state index contributed by atoms with van der Waals surface area (Å²) >= 11 is 0. The van der Waals surface area contributed by atoms with Gasteiger partial charge in [-0.05, 0) is 55.2 Å². The predicted octanol–water partition coefficient (Wildman–Crippen LogP) is 3.45. The maximum atomic E-state index is 13.5. The van der Waals surface area contributed by atoms with Crippen LogP contribution < -0.4 is 15.5 Å². The number of benzene rings is 2. The third kappa shape index (κ3) is 4.93. The Hall–Kier alpha value is -3.35. The zero-order valence-electron chi connectivity index (χ0n) is 18.5. The second-order valence-electron chi connectivity index (χ2n) is 8.54. The fourth-order valence-corrected chi connectivity index (χ4v) is 4.56. The molecule has 2 unspecified atom stereocenters. The number of hydrogen-bond donors (Lipinski definition) is 3. The molecular formula is C25H29FN4O2.